The van der Waals surface area contributed by atoms with E-state index in [0.29, 0.717) is 17.2 Å². The molecule has 0 saturated heterocycles. The molecule has 7 nitrogen and oxygen atoms in total. The van der Waals surface area contributed by atoms with Crippen molar-refractivity contribution in [1.82, 2.24) is 0 Å². The van der Waals surface area contributed by atoms with Crippen LogP contribution in [0.5, 0.6) is 34.5 Å². The standard InChI is InChI=1S/C44H37N3O4/c1-48-38-20-13-32(14-21-38)45-34-17-30-44(43(31-34)46-33-15-22-39(49-2)23-16-33)51-42-28-26-41(27-29-42)50-40-24-18-37(19-25-40)47(35-9-5-3-6-10-35)36-11-7-4-8-12-36/h3-31,45-46H,1-2H3. The number of para-hydroxylation sites is 2. The predicted octanol–water partition coefficient (Wildman–Crippen LogP) is 12.2. The molecular weight excluding hydrogens is 635 g/mol. The molecule has 0 saturated carbocycles. The molecule has 0 aliphatic heterocycles. The molecule has 51 heavy (non-hydrogen) atoms. The van der Waals surface area contributed by atoms with Gasteiger partial charge in [-0.2, -0.15) is 0 Å². The fourth-order valence-electron chi connectivity index (χ4n) is 5.57. The third kappa shape index (κ3) is 8.24. The van der Waals surface area contributed by atoms with Gasteiger partial charge in [-0.3, -0.25) is 0 Å². The lowest BCUT2D eigenvalue weighted by Crippen LogP contribution is -2.09. The lowest BCUT2D eigenvalue weighted by Gasteiger charge is -2.25. The molecule has 252 valence electrons. The van der Waals surface area contributed by atoms with Gasteiger partial charge in [0.1, 0.15) is 28.7 Å². The minimum absolute atomic E-state index is 0.664. The summed E-state index contributed by atoms with van der Waals surface area (Å²) in [6.07, 6.45) is 0. The van der Waals surface area contributed by atoms with Crippen molar-refractivity contribution in [2.24, 2.45) is 0 Å². The van der Waals surface area contributed by atoms with Crippen LogP contribution in [0.2, 0.25) is 0 Å². The van der Waals surface area contributed by atoms with Gasteiger partial charge in [-0.15, -0.1) is 0 Å². The smallest absolute Gasteiger partial charge is 0.151 e. The maximum absolute atomic E-state index is 6.40. The van der Waals surface area contributed by atoms with E-state index in [9.17, 15) is 0 Å². The third-order valence-electron chi connectivity index (χ3n) is 8.14. The minimum atomic E-state index is 0.664. The van der Waals surface area contributed by atoms with E-state index in [-0.39, 0.29) is 0 Å². The Morgan fingerprint density at radius 3 is 1.29 bits per heavy atom. The largest absolute Gasteiger partial charge is 0.497 e. The zero-order valence-corrected chi connectivity index (χ0v) is 28.3. The molecule has 0 aliphatic rings. The van der Waals surface area contributed by atoms with Crippen LogP contribution in [0.3, 0.4) is 0 Å². The number of methoxy groups -OCH3 is 2. The van der Waals surface area contributed by atoms with E-state index >= 15 is 0 Å². The van der Waals surface area contributed by atoms with Gasteiger partial charge in [-0.25, -0.2) is 0 Å². The molecule has 0 heterocycles. The monoisotopic (exact) mass is 671 g/mol. The fourth-order valence-corrected chi connectivity index (χ4v) is 5.57. The SMILES string of the molecule is COc1ccc(Nc2ccc(Oc3ccc(Oc4ccc(N(c5ccccc5)c5ccccc5)cc4)cc3)c(Nc3ccc(OC)cc3)c2)cc1. The van der Waals surface area contributed by atoms with Crippen LogP contribution in [-0.2, 0) is 0 Å². The molecule has 0 bridgehead atoms. The Morgan fingerprint density at radius 2 is 0.784 bits per heavy atom. The second kappa shape index (κ2) is 15.6. The van der Waals surface area contributed by atoms with E-state index in [1.807, 2.05) is 140 Å². The summed E-state index contributed by atoms with van der Waals surface area (Å²) in [5.74, 6) is 4.36. The highest BCUT2D eigenvalue weighted by atomic mass is 16.5. The Kier molecular flexibility index (Phi) is 9.98. The Labute approximate surface area is 298 Å². The van der Waals surface area contributed by atoms with E-state index in [1.165, 1.54) is 0 Å². The third-order valence-corrected chi connectivity index (χ3v) is 8.14. The first-order chi connectivity index (χ1) is 25.1. The zero-order valence-electron chi connectivity index (χ0n) is 28.3. The van der Waals surface area contributed by atoms with Crippen molar-refractivity contribution in [3.63, 3.8) is 0 Å². The summed E-state index contributed by atoms with van der Waals surface area (Å²) in [7, 11) is 3.31. The number of anilines is 7. The molecule has 0 amide bonds. The molecule has 0 aromatic heterocycles. The van der Waals surface area contributed by atoms with Crippen molar-refractivity contribution in [2.45, 2.75) is 0 Å². The zero-order chi connectivity index (χ0) is 34.8. The van der Waals surface area contributed by atoms with Gasteiger partial charge in [0.25, 0.3) is 0 Å². The number of nitrogens with one attached hydrogen (secondary N) is 2. The maximum atomic E-state index is 6.40. The molecule has 7 heteroatoms. The number of rotatable bonds is 13. The molecule has 7 aromatic carbocycles. The molecular formula is C44H37N3O4. The summed E-state index contributed by atoms with van der Waals surface area (Å²) < 4.78 is 23.3. The highest BCUT2D eigenvalue weighted by Gasteiger charge is 2.13. The van der Waals surface area contributed by atoms with Crippen LogP contribution >= 0.6 is 0 Å². The van der Waals surface area contributed by atoms with E-state index < -0.39 is 0 Å². The van der Waals surface area contributed by atoms with Crippen LogP contribution in [0, 0.1) is 0 Å². The van der Waals surface area contributed by atoms with Crippen molar-refractivity contribution in [1.29, 1.82) is 0 Å². The van der Waals surface area contributed by atoms with Crippen LogP contribution in [0.25, 0.3) is 0 Å². The van der Waals surface area contributed by atoms with Crippen molar-refractivity contribution < 1.29 is 18.9 Å². The van der Waals surface area contributed by atoms with Crippen molar-refractivity contribution in [3.8, 4) is 34.5 Å². The van der Waals surface area contributed by atoms with Gasteiger partial charge in [0, 0.05) is 34.1 Å². The Morgan fingerprint density at radius 1 is 0.373 bits per heavy atom. The topological polar surface area (TPSA) is 64.2 Å². The van der Waals surface area contributed by atoms with Crippen LogP contribution in [0.1, 0.15) is 0 Å². The summed E-state index contributed by atoms with van der Waals surface area (Å²) in [5, 5.41) is 6.95. The Bertz CT molecular complexity index is 2100. The minimum Gasteiger partial charge on any atom is -0.497 e. The molecule has 2 N–H and O–H groups in total. The van der Waals surface area contributed by atoms with Crippen molar-refractivity contribution in [3.05, 3.63) is 176 Å². The number of benzene rings is 7. The Balaban J connectivity index is 1.07. The first-order valence-electron chi connectivity index (χ1n) is 16.6. The lowest BCUT2D eigenvalue weighted by atomic mass is 10.2. The van der Waals surface area contributed by atoms with E-state index in [0.717, 1.165) is 57.1 Å². The summed E-state index contributed by atoms with van der Waals surface area (Å²) in [4.78, 5) is 2.22. The van der Waals surface area contributed by atoms with Gasteiger partial charge < -0.3 is 34.5 Å². The van der Waals surface area contributed by atoms with Crippen LogP contribution in [-0.4, -0.2) is 14.2 Å². The highest BCUT2D eigenvalue weighted by Crippen LogP contribution is 2.38. The summed E-state index contributed by atoms with van der Waals surface area (Å²) >= 11 is 0. The molecule has 0 spiro atoms. The number of hydrogen-bond donors (Lipinski definition) is 2. The first-order valence-corrected chi connectivity index (χ1v) is 16.6. The van der Waals surface area contributed by atoms with Gasteiger partial charge in [-0.05, 0) is 140 Å². The van der Waals surface area contributed by atoms with Gasteiger partial charge in [0.2, 0.25) is 0 Å². The molecule has 7 rings (SSSR count). The molecule has 0 radical (unpaired) electrons. The maximum Gasteiger partial charge on any atom is 0.151 e. The molecule has 7 aromatic rings. The molecule has 0 aliphatic carbocycles. The van der Waals surface area contributed by atoms with Gasteiger partial charge in [0.15, 0.2) is 5.75 Å². The predicted molar refractivity (Wildman–Crippen MR) is 207 cm³/mol. The van der Waals surface area contributed by atoms with Crippen molar-refractivity contribution in [2.75, 3.05) is 29.8 Å². The van der Waals surface area contributed by atoms with Crippen molar-refractivity contribution >= 4 is 39.8 Å². The van der Waals surface area contributed by atoms with E-state index in [1.54, 1.807) is 14.2 Å². The van der Waals surface area contributed by atoms with Crippen LogP contribution < -0.4 is 34.5 Å². The molecule has 0 atom stereocenters. The summed E-state index contributed by atoms with van der Waals surface area (Å²) in [6.45, 7) is 0. The molecule has 0 fully saturated rings. The van der Waals surface area contributed by atoms with Gasteiger partial charge in [0.05, 0.1) is 19.9 Å². The van der Waals surface area contributed by atoms with Gasteiger partial charge in [-0.1, -0.05) is 36.4 Å². The van der Waals surface area contributed by atoms with E-state index in [4.69, 9.17) is 18.9 Å². The Hall–Kier alpha value is -6.86. The second-order valence-corrected chi connectivity index (χ2v) is 11.6. The summed E-state index contributed by atoms with van der Waals surface area (Å²) in [5.41, 5.74) is 6.72. The van der Waals surface area contributed by atoms with Crippen LogP contribution in [0.15, 0.2) is 176 Å². The second-order valence-electron chi connectivity index (χ2n) is 11.6. The average molecular weight is 672 g/mol. The fraction of sp³-hybridized carbons (Fsp3) is 0.0455. The normalized spacial score (nSPS) is 10.5. The number of hydrogen-bond acceptors (Lipinski definition) is 7. The quantitative estimate of drug-likeness (QED) is 0.126. The number of ether oxygens (including phenoxy) is 4. The average Bonchev–Trinajstić information content (AvgIpc) is 3.19. The highest BCUT2D eigenvalue weighted by molar-refractivity contribution is 5.77. The van der Waals surface area contributed by atoms with Crippen LogP contribution in [0.4, 0.5) is 39.8 Å². The van der Waals surface area contributed by atoms with E-state index in [2.05, 4.69) is 51.9 Å². The lowest BCUT2D eigenvalue weighted by molar-refractivity contribution is 0.415. The molecule has 0 unspecified atom stereocenters. The van der Waals surface area contributed by atoms with Gasteiger partial charge >= 0.3 is 0 Å². The number of nitrogens with zero attached hydrogens (tertiary/aromatic N) is 1. The summed E-state index contributed by atoms with van der Waals surface area (Å²) in [6, 6.07) is 57.8. The first kappa shape index (κ1) is 32.7.